The summed E-state index contributed by atoms with van der Waals surface area (Å²) in [6.45, 7) is 43.0. The summed E-state index contributed by atoms with van der Waals surface area (Å²) in [5.74, 6) is 0. The van der Waals surface area contributed by atoms with Gasteiger partial charge < -0.3 is 29.8 Å². The molecule has 1 fully saturated rings. The molecule has 0 unspecified atom stereocenters. The first-order chi connectivity index (χ1) is 23.9. The Morgan fingerprint density at radius 1 is 0.367 bits per heavy atom. The average Bonchev–Trinajstić information content (AvgIpc) is 3.11. The van der Waals surface area contributed by atoms with Crippen LogP contribution in [-0.4, -0.2) is 136 Å². The van der Waals surface area contributed by atoms with Gasteiger partial charge in [-0.2, -0.15) is 0 Å². The fourth-order valence-corrected chi connectivity index (χ4v) is 5.99. The Kier molecular flexibility index (Phi) is 49.6. The first-order valence-electron chi connectivity index (χ1n) is 22.2. The third-order valence-electron chi connectivity index (χ3n) is 9.15. The van der Waals surface area contributed by atoms with Crippen LogP contribution in [0.2, 0.25) is 0 Å². The molecule has 0 saturated carbocycles. The maximum absolute atomic E-state index is 3.34. The van der Waals surface area contributed by atoms with Gasteiger partial charge in [0.25, 0.3) is 0 Å². The highest BCUT2D eigenvalue weighted by Crippen LogP contribution is 2.03. The Labute approximate surface area is 312 Å². The summed E-state index contributed by atoms with van der Waals surface area (Å²) >= 11 is 0. The van der Waals surface area contributed by atoms with Crippen LogP contribution in [0.25, 0.3) is 0 Å². The van der Waals surface area contributed by atoms with Gasteiger partial charge in [0.05, 0.1) is 0 Å². The monoisotopic (exact) mass is 699 g/mol. The molecule has 0 radical (unpaired) electrons. The molecule has 1 aliphatic heterocycles. The highest BCUT2D eigenvalue weighted by atomic mass is 15.2. The van der Waals surface area contributed by atoms with Crippen LogP contribution in [-0.2, 0) is 0 Å². The summed E-state index contributed by atoms with van der Waals surface area (Å²) in [5, 5.41) is 3.34. The van der Waals surface area contributed by atoms with Crippen LogP contribution in [0.5, 0.6) is 0 Å². The lowest BCUT2D eigenvalue weighted by Crippen LogP contribution is -2.44. The lowest BCUT2D eigenvalue weighted by molar-refractivity contribution is 0.152. The second-order valence-electron chi connectivity index (χ2n) is 14.5. The van der Waals surface area contributed by atoms with Crippen LogP contribution in [0.4, 0.5) is 0 Å². The van der Waals surface area contributed by atoms with E-state index in [0.29, 0.717) is 0 Å². The van der Waals surface area contributed by atoms with Gasteiger partial charge in [0.15, 0.2) is 0 Å². The standard InChI is InChI=1S/C17H38N2.C10H23N.C9H20N2.C7H17N/c1-5-9-14-18(12-7-3)16-11-17-19(13-8-4)15-10-6-2;1-4-7-10-11(8-5-2)9-6-3;1-3-4-5-11-8-6-10(2)7-9-11;1-3-5-7-8-6-4-2/h5-17H2,1-4H3;4-10H2,1-3H3;3-9H2,1-2H3;8H,3-7H2,1-2H3. The molecule has 6 nitrogen and oxygen atoms in total. The molecule has 0 spiro atoms. The number of nitrogens with one attached hydrogen (secondary N) is 1. The van der Waals surface area contributed by atoms with Crippen LogP contribution in [0.15, 0.2) is 0 Å². The van der Waals surface area contributed by atoms with Crippen molar-refractivity contribution in [3.63, 3.8) is 0 Å². The van der Waals surface area contributed by atoms with E-state index < -0.39 is 0 Å². The summed E-state index contributed by atoms with van der Waals surface area (Å²) in [6, 6.07) is 0. The van der Waals surface area contributed by atoms with E-state index in [4.69, 9.17) is 0 Å². The molecule has 1 N–H and O–H groups in total. The van der Waals surface area contributed by atoms with Crippen molar-refractivity contribution in [1.82, 2.24) is 29.8 Å². The van der Waals surface area contributed by atoms with Crippen LogP contribution >= 0.6 is 0 Å². The fourth-order valence-electron chi connectivity index (χ4n) is 5.99. The van der Waals surface area contributed by atoms with Gasteiger partial charge in [-0.05, 0) is 156 Å². The molecule has 0 aromatic carbocycles. The largest absolute Gasteiger partial charge is 0.317 e. The van der Waals surface area contributed by atoms with Crippen molar-refractivity contribution >= 4 is 0 Å². The smallest absolute Gasteiger partial charge is 0.0110 e. The van der Waals surface area contributed by atoms with Crippen molar-refractivity contribution in [3.05, 3.63) is 0 Å². The minimum atomic E-state index is 1.18. The predicted molar refractivity (Wildman–Crippen MR) is 227 cm³/mol. The van der Waals surface area contributed by atoms with Crippen LogP contribution in [0.1, 0.15) is 172 Å². The van der Waals surface area contributed by atoms with E-state index in [1.54, 1.807) is 0 Å². The van der Waals surface area contributed by atoms with Crippen LogP contribution in [0, 0.1) is 0 Å². The zero-order valence-corrected chi connectivity index (χ0v) is 36.4. The minimum Gasteiger partial charge on any atom is -0.317 e. The quantitative estimate of drug-likeness (QED) is 0.0782. The number of piperazine rings is 1. The van der Waals surface area contributed by atoms with Crippen LogP contribution in [0.3, 0.4) is 0 Å². The number of hydrogen-bond donors (Lipinski definition) is 1. The van der Waals surface area contributed by atoms with Crippen molar-refractivity contribution < 1.29 is 0 Å². The SMILES string of the molecule is CCCCN(CCC)CCC.CCCCN(CCC)CCCN(CCC)CCCC.CCCCN1CCN(C)CC1.CCCCNCCC. The van der Waals surface area contributed by atoms with E-state index in [1.165, 1.54) is 207 Å². The molecule has 6 heteroatoms. The number of nitrogens with zero attached hydrogens (tertiary/aromatic N) is 5. The first-order valence-corrected chi connectivity index (χ1v) is 22.2. The lowest BCUT2D eigenvalue weighted by atomic mass is 10.2. The van der Waals surface area contributed by atoms with E-state index in [-0.39, 0.29) is 0 Å². The fraction of sp³-hybridized carbons (Fsp3) is 1.00. The molecule has 0 aromatic rings. The average molecular weight is 699 g/mol. The molecule has 300 valence electrons. The van der Waals surface area contributed by atoms with Crippen LogP contribution < -0.4 is 5.32 Å². The molecule has 0 amide bonds. The van der Waals surface area contributed by atoms with Crippen molar-refractivity contribution in [1.29, 1.82) is 0 Å². The Balaban J connectivity index is -0.000000609. The lowest BCUT2D eigenvalue weighted by Gasteiger charge is -2.32. The van der Waals surface area contributed by atoms with Gasteiger partial charge in [-0.3, -0.25) is 0 Å². The molecule has 49 heavy (non-hydrogen) atoms. The minimum absolute atomic E-state index is 1.18. The third kappa shape index (κ3) is 42.1. The van der Waals surface area contributed by atoms with Crippen molar-refractivity contribution in [3.8, 4) is 0 Å². The Hall–Kier alpha value is -0.240. The second kappa shape index (κ2) is 45.8. The van der Waals surface area contributed by atoms with Crippen molar-refractivity contribution in [2.45, 2.75) is 172 Å². The van der Waals surface area contributed by atoms with Gasteiger partial charge in [0, 0.05) is 26.2 Å². The van der Waals surface area contributed by atoms with Gasteiger partial charge in [-0.15, -0.1) is 0 Å². The Morgan fingerprint density at radius 2 is 0.735 bits per heavy atom. The maximum Gasteiger partial charge on any atom is 0.0110 e. The zero-order valence-electron chi connectivity index (χ0n) is 36.4. The summed E-state index contributed by atoms with van der Waals surface area (Å²) in [6.07, 6.45) is 21.1. The molecule has 0 aliphatic carbocycles. The first kappa shape index (κ1) is 53.1. The molecule has 0 bridgehead atoms. The molecule has 1 heterocycles. The maximum atomic E-state index is 3.34. The molecule has 1 saturated heterocycles. The molecule has 1 aliphatic rings. The number of likely N-dealkylation sites (N-methyl/N-ethyl adjacent to an activating group) is 1. The zero-order chi connectivity index (χ0) is 37.2. The Bertz CT molecular complexity index is 522. The number of rotatable bonds is 29. The summed E-state index contributed by atoms with van der Waals surface area (Å²) in [7, 11) is 2.21. The second-order valence-corrected chi connectivity index (χ2v) is 14.5. The highest BCUT2D eigenvalue weighted by molar-refractivity contribution is 4.68. The summed E-state index contributed by atoms with van der Waals surface area (Å²) in [4.78, 5) is 12.9. The third-order valence-corrected chi connectivity index (χ3v) is 9.15. The topological polar surface area (TPSA) is 28.2 Å². The van der Waals surface area contributed by atoms with E-state index in [1.807, 2.05) is 0 Å². The predicted octanol–water partition coefficient (Wildman–Crippen LogP) is 10.1. The van der Waals surface area contributed by atoms with Gasteiger partial charge in [0.1, 0.15) is 0 Å². The van der Waals surface area contributed by atoms with E-state index >= 15 is 0 Å². The normalized spacial score (nSPS) is 13.6. The van der Waals surface area contributed by atoms with Gasteiger partial charge >= 0.3 is 0 Å². The van der Waals surface area contributed by atoms with Crippen molar-refractivity contribution in [2.24, 2.45) is 0 Å². The molecule has 0 aromatic heterocycles. The van der Waals surface area contributed by atoms with Gasteiger partial charge in [0.2, 0.25) is 0 Å². The molecule has 0 atom stereocenters. The van der Waals surface area contributed by atoms with E-state index in [2.05, 4.69) is 106 Å². The summed E-state index contributed by atoms with van der Waals surface area (Å²) < 4.78 is 0. The molecular formula is C43H98N6. The van der Waals surface area contributed by atoms with E-state index in [0.717, 1.165) is 0 Å². The number of hydrogen-bond acceptors (Lipinski definition) is 6. The number of unbranched alkanes of at least 4 members (excludes halogenated alkanes) is 5. The van der Waals surface area contributed by atoms with Gasteiger partial charge in [-0.25, -0.2) is 0 Å². The van der Waals surface area contributed by atoms with Crippen molar-refractivity contribution in [2.75, 3.05) is 112 Å². The molecule has 1 rings (SSSR count). The molecular weight excluding hydrogens is 601 g/mol. The van der Waals surface area contributed by atoms with Gasteiger partial charge in [-0.1, -0.05) is 101 Å². The summed E-state index contributed by atoms with van der Waals surface area (Å²) in [5.41, 5.74) is 0. The highest BCUT2D eigenvalue weighted by Gasteiger charge is 2.12. The Morgan fingerprint density at radius 3 is 1.08 bits per heavy atom. The van der Waals surface area contributed by atoms with E-state index in [9.17, 15) is 0 Å².